The fraction of sp³-hybridized carbons (Fsp3) is 0.667. The highest BCUT2D eigenvalue weighted by Crippen LogP contribution is 2.27. The van der Waals surface area contributed by atoms with Crippen LogP contribution in [-0.4, -0.2) is 44.4 Å². The molecule has 1 aliphatic heterocycles. The standard InChI is InChI=1S/C21H32N2O4S/c1-3-27-19-7-9-20(10-8-19)28(25,26)23-13-11-17(12-14-23)21(24)22-18-6-4-5-16(2)15-18/h7-10,16-18H,3-6,11-15H2,1-2H3,(H,22,24). The summed E-state index contributed by atoms with van der Waals surface area (Å²) in [5.41, 5.74) is 0. The van der Waals surface area contributed by atoms with Gasteiger partial charge >= 0.3 is 0 Å². The minimum absolute atomic E-state index is 0.0935. The van der Waals surface area contributed by atoms with E-state index in [0.29, 0.717) is 44.2 Å². The van der Waals surface area contributed by atoms with Crippen molar-refractivity contribution in [1.29, 1.82) is 0 Å². The summed E-state index contributed by atoms with van der Waals surface area (Å²) in [6, 6.07) is 6.82. The van der Waals surface area contributed by atoms with Gasteiger partial charge in [-0.3, -0.25) is 4.79 Å². The van der Waals surface area contributed by atoms with Crippen LogP contribution in [0.25, 0.3) is 0 Å². The lowest BCUT2D eigenvalue weighted by Gasteiger charge is -2.33. The molecule has 1 amide bonds. The van der Waals surface area contributed by atoms with Crippen molar-refractivity contribution in [3.63, 3.8) is 0 Å². The van der Waals surface area contributed by atoms with Gasteiger partial charge in [-0.1, -0.05) is 19.8 Å². The second-order valence-corrected chi connectivity index (χ2v) is 10.00. The van der Waals surface area contributed by atoms with Crippen LogP contribution in [0.2, 0.25) is 0 Å². The molecule has 1 N–H and O–H groups in total. The molecule has 0 spiro atoms. The maximum Gasteiger partial charge on any atom is 0.243 e. The summed E-state index contributed by atoms with van der Waals surface area (Å²) in [4.78, 5) is 12.9. The number of amides is 1. The van der Waals surface area contributed by atoms with E-state index in [-0.39, 0.29) is 22.8 Å². The van der Waals surface area contributed by atoms with Crippen LogP contribution in [0, 0.1) is 11.8 Å². The first-order chi connectivity index (χ1) is 13.4. The van der Waals surface area contributed by atoms with Crippen LogP contribution in [0.5, 0.6) is 5.75 Å². The smallest absolute Gasteiger partial charge is 0.243 e. The Balaban J connectivity index is 1.54. The summed E-state index contributed by atoms with van der Waals surface area (Å²) in [7, 11) is -3.53. The molecule has 1 aromatic rings. The van der Waals surface area contributed by atoms with Gasteiger partial charge in [-0.2, -0.15) is 4.31 Å². The van der Waals surface area contributed by atoms with Gasteiger partial charge in [0.1, 0.15) is 5.75 Å². The highest BCUT2D eigenvalue weighted by atomic mass is 32.2. The number of benzene rings is 1. The number of carbonyl (C=O) groups excluding carboxylic acids is 1. The van der Waals surface area contributed by atoms with Gasteiger partial charge in [-0.25, -0.2) is 8.42 Å². The molecule has 156 valence electrons. The topological polar surface area (TPSA) is 75.7 Å². The monoisotopic (exact) mass is 408 g/mol. The van der Waals surface area contributed by atoms with Crippen molar-refractivity contribution in [2.45, 2.75) is 63.3 Å². The molecule has 1 heterocycles. The Hall–Kier alpha value is -1.60. The first kappa shape index (κ1) is 21.1. The minimum Gasteiger partial charge on any atom is -0.494 e. The Bertz CT molecular complexity index is 755. The molecule has 0 aromatic heterocycles. The zero-order chi connectivity index (χ0) is 20.1. The quantitative estimate of drug-likeness (QED) is 0.784. The van der Waals surface area contributed by atoms with Gasteiger partial charge in [0.05, 0.1) is 11.5 Å². The Labute approximate surface area is 168 Å². The van der Waals surface area contributed by atoms with Crippen LogP contribution in [0.4, 0.5) is 0 Å². The predicted molar refractivity (Wildman–Crippen MR) is 109 cm³/mol. The van der Waals surface area contributed by atoms with Crippen LogP contribution < -0.4 is 10.1 Å². The fourth-order valence-corrected chi connectivity index (χ4v) is 5.74. The maximum absolute atomic E-state index is 12.9. The SMILES string of the molecule is CCOc1ccc(S(=O)(=O)N2CCC(C(=O)NC3CCCC(C)C3)CC2)cc1. The Morgan fingerprint density at radius 3 is 2.43 bits per heavy atom. The van der Waals surface area contributed by atoms with E-state index in [1.54, 1.807) is 24.3 Å². The van der Waals surface area contributed by atoms with E-state index in [9.17, 15) is 13.2 Å². The van der Waals surface area contributed by atoms with Crippen molar-refractivity contribution >= 4 is 15.9 Å². The first-order valence-corrected chi connectivity index (χ1v) is 11.9. The van der Waals surface area contributed by atoms with Gasteiger partial charge in [-0.05, 0) is 62.8 Å². The number of nitrogens with zero attached hydrogens (tertiary/aromatic N) is 1. The number of sulfonamides is 1. The van der Waals surface area contributed by atoms with Gasteiger partial charge in [-0.15, -0.1) is 0 Å². The number of nitrogens with one attached hydrogen (secondary N) is 1. The third-order valence-electron chi connectivity index (χ3n) is 5.88. The molecule has 7 heteroatoms. The van der Waals surface area contributed by atoms with Crippen molar-refractivity contribution < 1.29 is 17.9 Å². The first-order valence-electron chi connectivity index (χ1n) is 10.4. The third kappa shape index (κ3) is 5.06. The van der Waals surface area contributed by atoms with Gasteiger partial charge in [0.25, 0.3) is 0 Å². The second-order valence-electron chi connectivity index (χ2n) is 8.06. The van der Waals surface area contributed by atoms with Crippen LogP contribution >= 0.6 is 0 Å². The normalized spacial score (nSPS) is 24.6. The average Bonchev–Trinajstić information content (AvgIpc) is 2.69. The van der Waals surface area contributed by atoms with E-state index in [0.717, 1.165) is 12.8 Å². The number of ether oxygens (including phenoxy) is 1. The molecule has 6 nitrogen and oxygen atoms in total. The van der Waals surface area contributed by atoms with Crippen LogP contribution in [-0.2, 0) is 14.8 Å². The minimum atomic E-state index is -3.53. The molecule has 0 radical (unpaired) electrons. The molecule has 0 bridgehead atoms. The summed E-state index contributed by atoms with van der Waals surface area (Å²) >= 11 is 0. The lowest BCUT2D eigenvalue weighted by molar-refractivity contribution is -0.127. The van der Waals surface area contributed by atoms with E-state index in [1.807, 2.05) is 6.92 Å². The van der Waals surface area contributed by atoms with E-state index in [1.165, 1.54) is 17.1 Å². The number of hydrogen-bond donors (Lipinski definition) is 1. The lowest BCUT2D eigenvalue weighted by Crippen LogP contribution is -2.46. The van der Waals surface area contributed by atoms with Crippen molar-refractivity contribution in [3.8, 4) is 5.75 Å². The van der Waals surface area contributed by atoms with E-state index >= 15 is 0 Å². The molecule has 1 saturated heterocycles. The molecular formula is C21H32N2O4S. The largest absolute Gasteiger partial charge is 0.494 e. The molecule has 1 aromatic carbocycles. The van der Waals surface area contributed by atoms with E-state index in [2.05, 4.69) is 12.2 Å². The van der Waals surface area contributed by atoms with E-state index in [4.69, 9.17) is 4.74 Å². The van der Waals surface area contributed by atoms with Crippen molar-refractivity contribution in [2.75, 3.05) is 19.7 Å². The van der Waals surface area contributed by atoms with Crippen LogP contribution in [0.15, 0.2) is 29.2 Å². The number of rotatable bonds is 6. The maximum atomic E-state index is 12.9. The zero-order valence-electron chi connectivity index (χ0n) is 16.9. The van der Waals surface area contributed by atoms with Gasteiger partial charge in [0, 0.05) is 25.0 Å². The molecule has 2 unspecified atom stereocenters. The molecule has 3 rings (SSSR count). The fourth-order valence-electron chi connectivity index (χ4n) is 4.27. The second kappa shape index (κ2) is 9.27. The predicted octanol–water partition coefficient (Wildman–Crippen LogP) is 3.18. The number of piperidine rings is 1. The van der Waals surface area contributed by atoms with Crippen molar-refractivity contribution in [2.24, 2.45) is 11.8 Å². The molecule has 1 saturated carbocycles. The van der Waals surface area contributed by atoms with Crippen molar-refractivity contribution in [3.05, 3.63) is 24.3 Å². The molecule has 2 fully saturated rings. The molecular weight excluding hydrogens is 376 g/mol. The van der Waals surface area contributed by atoms with Crippen LogP contribution in [0.3, 0.4) is 0 Å². The molecule has 28 heavy (non-hydrogen) atoms. The summed E-state index contributed by atoms with van der Waals surface area (Å²) in [5.74, 6) is 1.33. The summed E-state index contributed by atoms with van der Waals surface area (Å²) in [5, 5.41) is 3.20. The highest BCUT2D eigenvalue weighted by Gasteiger charge is 2.33. The Morgan fingerprint density at radius 2 is 1.82 bits per heavy atom. The molecule has 2 atom stereocenters. The number of carbonyl (C=O) groups is 1. The molecule has 1 aliphatic carbocycles. The Morgan fingerprint density at radius 1 is 1.14 bits per heavy atom. The summed E-state index contributed by atoms with van der Waals surface area (Å²) in [6.07, 6.45) is 5.67. The molecule has 2 aliphatic rings. The average molecular weight is 409 g/mol. The van der Waals surface area contributed by atoms with Gasteiger partial charge in [0.15, 0.2) is 0 Å². The van der Waals surface area contributed by atoms with E-state index < -0.39 is 10.0 Å². The third-order valence-corrected chi connectivity index (χ3v) is 7.79. The highest BCUT2D eigenvalue weighted by molar-refractivity contribution is 7.89. The summed E-state index contributed by atoms with van der Waals surface area (Å²) < 4.78 is 32.6. The Kier molecular flexibility index (Phi) is 6.99. The number of hydrogen-bond acceptors (Lipinski definition) is 4. The zero-order valence-corrected chi connectivity index (χ0v) is 17.7. The van der Waals surface area contributed by atoms with Crippen LogP contribution in [0.1, 0.15) is 52.4 Å². The van der Waals surface area contributed by atoms with Crippen molar-refractivity contribution in [1.82, 2.24) is 9.62 Å². The summed E-state index contributed by atoms with van der Waals surface area (Å²) in [6.45, 7) is 5.44. The van der Waals surface area contributed by atoms with Gasteiger partial charge in [0.2, 0.25) is 15.9 Å². The van der Waals surface area contributed by atoms with Gasteiger partial charge < -0.3 is 10.1 Å². The lowest BCUT2D eigenvalue weighted by atomic mass is 9.86.